The molecule has 0 aliphatic carbocycles. The van der Waals surface area contributed by atoms with E-state index in [1.165, 1.54) is 21.3 Å². The van der Waals surface area contributed by atoms with E-state index in [0.29, 0.717) is 22.5 Å². The molecule has 3 aromatic heterocycles. The molecule has 0 amide bonds. The highest BCUT2D eigenvalue weighted by Gasteiger charge is 2.23. The maximum absolute atomic E-state index is 13.6. The number of nitrogens with zero attached hydrogens (tertiary/aromatic N) is 5. The molecule has 5 rings (SSSR count). The lowest BCUT2D eigenvalue weighted by atomic mass is 10.1. The van der Waals surface area contributed by atoms with Gasteiger partial charge in [-0.2, -0.15) is 4.98 Å². The molecule has 5 aromatic rings. The second-order valence-electron chi connectivity index (χ2n) is 8.57. The first-order valence-corrected chi connectivity index (χ1v) is 10.7. The molecule has 0 radical (unpaired) electrons. The molecule has 0 N–H and O–H groups in total. The molecule has 0 aliphatic rings. The van der Waals surface area contributed by atoms with Crippen LogP contribution in [0.4, 0.5) is 4.39 Å². The Morgan fingerprint density at radius 2 is 1.64 bits per heavy atom. The van der Waals surface area contributed by atoms with Gasteiger partial charge in [-0.3, -0.25) is 22.9 Å². The predicted octanol–water partition coefficient (Wildman–Crippen LogP) is 3.56. The van der Waals surface area contributed by atoms with Crippen LogP contribution in [0, 0.1) is 33.5 Å². The number of halogens is 1. The van der Waals surface area contributed by atoms with Crippen LogP contribution in [0.15, 0.2) is 52.1 Å². The Kier molecular flexibility index (Phi) is 4.63. The molecule has 0 unspecified atom stereocenters. The van der Waals surface area contributed by atoms with E-state index in [9.17, 15) is 14.0 Å². The Morgan fingerprint density at radius 1 is 0.939 bits per heavy atom. The topological polar surface area (TPSA) is 66.2 Å². The molecule has 0 atom stereocenters. The van der Waals surface area contributed by atoms with Crippen molar-refractivity contribution < 1.29 is 4.39 Å². The van der Waals surface area contributed by atoms with E-state index in [0.717, 1.165) is 28.2 Å². The number of hydrogen-bond acceptors (Lipinski definition) is 3. The standard InChI is InChI=1S/C25H24FN5O2/c1-14-6-7-15(2)20(12-14)30-16(3)17(4)31-21-22(27-24(30)31)28(5)25(33)29(23(21)32)13-18-8-10-19(26)11-9-18/h6-12H,13H2,1-5H3. The van der Waals surface area contributed by atoms with Crippen molar-refractivity contribution in [1.29, 1.82) is 0 Å². The normalized spacial score (nSPS) is 11.7. The van der Waals surface area contributed by atoms with Crippen molar-refractivity contribution in [3.8, 4) is 5.69 Å². The second-order valence-corrected chi connectivity index (χ2v) is 8.57. The maximum Gasteiger partial charge on any atom is 0.332 e. The Hall–Kier alpha value is -3.94. The molecule has 33 heavy (non-hydrogen) atoms. The van der Waals surface area contributed by atoms with Gasteiger partial charge < -0.3 is 0 Å². The van der Waals surface area contributed by atoms with Gasteiger partial charge in [0.2, 0.25) is 5.78 Å². The van der Waals surface area contributed by atoms with E-state index in [2.05, 4.69) is 18.2 Å². The molecule has 0 fully saturated rings. The fourth-order valence-corrected chi connectivity index (χ4v) is 4.41. The van der Waals surface area contributed by atoms with Gasteiger partial charge in [-0.1, -0.05) is 24.3 Å². The number of aryl methyl sites for hydroxylation is 4. The largest absolute Gasteiger partial charge is 0.332 e. The van der Waals surface area contributed by atoms with Crippen LogP contribution in [0.3, 0.4) is 0 Å². The van der Waals surface area contributed by atoms with Gasteiger partial charge in [-0.15, -0.1) is 0 Å². The molecule has 8 heteroatoms. The molecule has 168 valence electrons. The summed E-state index contributed by atoms with van der Waals surface area (Å²) in [6.45, 7) is 8.06. The average Bonchev–Trinajstić information content (AvgIpc) is 3.28. The minimum atomic E-state index is -0.467. The molecule has 0 saturated carbocycles. The van der Waals surface area contributed by atoms with Gasteiger partial charge in [-0.05, 0) is 62.6 Å². The predicted molar refractivity (Wildman–Crippen MR) is 126 cm³/mol. The third kappa shape index (κ3) is 3.05. The van der Waals surface area contributed by atoms with Crippen LogP contribution in [0.1, 0.15) is 28.1 Å². The summed E-state index contributed by atoms with van der Waals surface area (Å²) in [5.74, 6) is 0.214. The third-order valence-corrected chi connectivity index (χ3v) is 6.38. The van der Waals surface area contributed by atoms with Crippen LogP contribution < -0.4 is 11.2 Å². The fourth-order valence-electron chi connectivity index (χ4n) is 4.41. The van der Waals surface area contributed by atoms with Crippen molar-refractivity contribution in [3.05, 3.63) is 97.2 Å². The number of fused-ring (bicyclic) bond motifs is 3. The third-order valence-electron chi connectivity index (χ3n) is 6.38. The molecule has 0 aliphatic heterocycles. The van der Waals surface area contributed by atoms with E-state index in [4.69, 9.17) is 4.98 Å². The number of imidazole rings is 2. The van der Waals surface area contributed by atoms with Crippen LogP contribution >= 0.6 is 0 Å². The zero-order valence-corrected chi connectivity index (χ0v) is 19.2. The average molecular weight is 445 g/mol. The van der Waals surface area contributed by atoms with E-state index in [1.807, 2.05) is 36.7 Å². The zero-order chi connectivity index (χ0) is 23.6. The minimum Gasteiger partial charge on any atom is -0.282 e. The molecule has 7 nitrogen and oxygen atoms in total. The highest BCUT2D eigenvalue weighted by atomic mass is 19.1. The van der Waals surface area contributed by atoms with E-state index < -0.39 is 11.2 Å². The van der Waals surface area contributed by atoms with E-state index in [-0.39, 0.29) is 12.4 Å². The molecular formula is C25H24FN5O2. The summed E-state index contributed by atoms with van der Waals surface area (Å²) in [6, 6.07) is 12.0. The molecule has 2 aromatic carbocycles. The highest BCUT2D eigenvalue weighted by molar-refractivity contribution is 5.77. The Balaban J connectivity index is 1.85. The number of benzene rings is 2. The molecule has 0 spiro atoms. The van der Waals surface area contributed by atoms with Gasteiger partial charge in [0.15, 0.2) is 11.2 Å². The summed E-state index contributed by atoms with van der Waals surface area (Å²) >= 11 is 0. The van der Waals surface area contributed by atoms with Gasteiger partial charge in [0.05, 0.1) is 12.2 Å². The van der Waals surface area contributed by atoms with E-state index in [1.54, 1.807) is 19.2 Å². The monoisotopic (exact) mass is 445 g/mol. The summed E-state index contributed by atoms with van der Waals surface area (Å²) in [5, 5.41) is 0. The van der Waals surface area contributed by atoms with Crippen LogP contribution in [0.25, 0.3) is 22.6 Å². The van der Waals surface area contributed by atoms with Gasteiger partial charge in [0.1, 0.15) is 5.82 Å². The summed E-state index contributed by atoms with van der Waals surface area (Å²) in [4.78, 5) is 31.4. The van der Waals surface area contributed by atoms with Gasteiger partial charge in [0.25, 0.3) is 5.56 Å². The summed E-state index contributed by atoms with van der Waals surface area (Å²) in [6.07, 6.45) is 0. The first-order valence-electron chi connectivity index (χ1n) is 10.7. The summed E-state index contributed by atoms with van der Waals surface area (Å²) in [7, 11) is 1.61. The van der Waals surface area contributed by atoms with Crippen molar-refractivity contribution in [3.63, 3.8) is 0 Å². The Labute approximate surface area is 189 Å². The lowest BCUT2D eigenvalue weighted by Crippen LogP contribution is -2.39. The van der Waals surface area contributed by atoms with Crippen molar-refractivity contribution in [2.45, 2.75) is 34.2 Å². The lowest BCUT2D eigenvalue weighted by Gasteiger charge is -2.11. The first-order chi connectivity index (χ1) is 15.7. The SMILES string of the molecule is Cc1ccc(C)c(-n2c(C)c(C)n3c4c(=O)n(Cc5ccc(F)cc5)c(=O)n(C)c4nc23)c1. The van der Waals surface area contributed by atoms with Crippen LogP contribution in [-0.4, -0.2) is 23.1 Å². The molecule has 3 heterocycles. The van der Waals surface area contributed by atoms with Crippen LogP contribution in [0.2, 0.25) is 0 Å². The van der Waals surface area contributed by atoms with Crippen molar-refractivity contribution in [2.24, 2.45) is 7.05 Å². The first kappa shape index (κ1) is 20.9. The van der Waals surface area contributed by atoms with Crippen LogP contribution in [-0.2, 0) is 13.6 Å². The Morgan fingerprint density at radius 3 is 2.33 bits per heavy atom. The molecular weight excluding hydrogens is 421 g/mol. The minimum absolute atomic E-state index is 0.0463. The lowest BCUT2D eigenvalue weighted by molar-refractivity contribution is 0.623. The molecule has 0 bridgehead atoms. The number of rotatable bonds is 3. The quantitative estimate of drug-likeness (QED) is 0.427. The Bertz CT molecular complexity index is 1680. The van der Waals surface area contributed by atoms with Gasteiger partial charge in [0, 0.05) is 18.4 Å². The maximum atomic E-state index is 13.6. The zero-order valence-electron chi connectivity index (χ0n) is 19.2. The fraction of sp³-hybridized carbons (Fsp3) is 0.240. The summed E-state index contributed by atoms with van der Waals surface area (Å²) < 4.78 is 19.8. The van der Waals surface area contributed by atoms with E-state index >= 15 is 0 Å². The van der Waals surface area contributed by atoms with Crippen molar-refractivity contribution in [2.75, 3.05) is 0 Å². The number of hydrogen-bond donors (Lipinski definition) is 0. The van der Waals surface area contributed by atoms with Crippen molar-refractivity contribution in [1.82, 2.24) is 23.1 Å². The van der Waals surface area contributed by atoms with Gasteiger partial charge in [-0.25, -0.2) is 9.18 Å². The van der Waals surface area contributed by atoms with Crippen molar-refractivity contribution >= 4 is 16.9 Å². The van der Waals surface area contributed by atoms with Gasteiger partial charge >= 0.3 is 5.69 Å². The summed E-state index contributed by atoms with van der Waals surface area (Å²) in [5.41, 5.74) is 5.46. The highest BCUT2D eigenvalue weighted by Crippen LogP contribution is 2.27. The second kappa shape index (κ2) is 7.30. The van der Waals surface area contributed by atoms with Crippen LogP contribution in [0.5, 0.6) is 0 Å². The molecule has 0 saturated heterocycles. The smallest absolute Gasteiger partial charge is 0.282 e. The number of aromatic nitrogens is 5.